The van der Waals surface area contributed by atoms with Crippen molar-refractivity contribution in [2.45, 2.75) is 22.9 Å². The maximum atomic E-state index is 13.0. The lowest BCUT2D eigenvalue weighted by molar-refractivity contribution is 0.274. The summed E-state index contributed by atoms with van der Waals surface area (Å²) in [6.07, 6.45) is 2.96. The predicted octanol–water partition coefficient (Wildman–Crippen LogP) is 1.44. The molecule has 0 spiro atoms. The zero-order valence-electron chi connectivity index (χ0n) is 17.7. The fraction of sp³-hybridized carbons (Fsp3) is 0.174. The smallest absolute Gasteiger partial charge is 0.274 e. The van der Waals surface area contributed by atoms with Crippen LogP contribution in [0.3, 0.4) is 0 Å². The van der Waals surface area contributed by atoms with Gasteiger partial charge in [-0.15, -0.1) is 0 Å². The molecular weight excluding hydrogens is 446 g/mol. The number of aliphatic hydroxyl groups excluding tert-OH is 1. The minimum absolute atomic E-state index is 0.0362. The molecule has 0 aliphatic heterocycles. The van der Waals surface area contributed by atoms with Gasteiger partial charge in [0.15, 0.2) is 0 Å². The van der Waals surface area contributed by atoms with Crippen LogP contribution in [-0.2, 0) is 22.9 Å². The van der Waals surface area contributed by atoms with Gasteiger partial charge in [-0.1, -0.05) is 6.07 Å². The highest BCUT2D eigenvalue weighted by atomic mass is 32.2. The van der Waals surface area contributed by atoms with Crippen molar-refractivity contribution in [3.63, 3.8) is 0 Å². The van der Waals surface area contributed by atoms with E-state index in [-0.39, 0.29) is 40.4 Å². The number of pyridine rings is 1. The van der Waals surface area contributed by atoms with Crippen molar-refractivity contribution in [1.29, 1.82) is 0 Å². The zero-order valence-corrected chi connectivity index (χ0v) is 18.5. The van der Waals surface area contributed by atoms with Crippen LogP contribution in [0.15, 0.2) is 86.4 Å². The number of aromatic nitrogens is 3. The van der Waals surface area contributed by atoms with E-state index in [1.165, 1.54) is 48.2 Å². The van der Waals surface area contributed by atoms with E-state index in [2.05, 4.69) is 5.10 Å². The molecule has 0 unspecified atom stereocenters. The summed E-state index contributed by atoms with van der Waals surface area (Å²) in [5.74, 6) is 0.541. The number of fused-ring (bicyclic) bond motifs is 1. The first-order chi connectivity index (χ1) is 15.8. The van der Waals surface area contributed by atoms with Gasteiger partial charge in [0.05, 0.1) is 41.6 Å². The molecule has 4 aromatic rings. The second-order valence-corrected chi connectivity index (χ2v) is 9.24. The molecule has 0 saturated heterocycles. The van der Waals surface area contributed by atoms with Gasteiger partial charge in [-0.3, -0.25) is 9.59 Å². The molecular formula is C23H21N3O6S. The Bertz CT molecular complexity index is 1540. The van der Waals surface area contributed by atoms with Crippen molar-refractivity contribution in [2.75, 3.05) is 13.7 Å². The number of benzene rings is 2. The van der Waals surface area contributed by atoms with Crippen molar-refractivity contribution in [1.82, 2.24) is 14.3 Å². The number of aliphatic hydroxyl groups is 1. The topological polar surface area (TPSA) is 120 Å². The lowest BCUT2D eigenvalue weighted by atomic mass is 10.2. The van der Waals surface area contributed by atoms with E-state index in [0.717, 1.165) is 4.68 Å². The summed E-state index contributed by atoms with van der Waals surface area (Å²) in [5.41, 5.74) is -0.419. The van der Waals surface area contributed by atoms with Gasteiger partial charge in [0.1, 0.15) is 5.75 Å². The average Bonchev–Trinajstić information content (AvgIpc) is 2.83. The largest absolute Gasteiger partial charge is 0.497 e. The molecule has 0 saturated carbocycles. The first kappa shape index (κ1) is 22.4. The Morgan fingerprint density at radius 3 is 2.42 bits per heavy atom. The van der Waals surface area contributed by atoms with Crippen LogP contribution in [0.1, 0.15) is 5.56 Å². The third kappa shape index (κ3) is 4.30. The van der Waals surface area contributed by atoms with Gasteiger partial charge < -0.3 is 14.4 Å². The Kier molecular flexibility index (Phi) is 6.12. The summed E-state index contributed by atoms with van der Waals surface area (Å²) in [6, 6.07) is 13.5. The number of methoxy groups -OCH3 is 1. The van der Waals surface area contributed by atoms with Gasteiger partial charge >= 0.3 is 0 Å². The van der Waals surface area contributed by atoms with Crippen LogP contribution in [-0.4, -0.2) is 41.6 Å². The number of sulfone groups is 1. The van der Waals surface area contributed by atoms with Crippen molar-refractivity contribution in [3.05, 3.63) is 93.3 Å². The SMILES string of the molecule is COc1ccc(S(=O)(=O)c2ccc3c(=O)n(Cc4cccn(CCO)c4=O)ncc3c2)cc1. The molecule has 9 nitrogen and oxygen atoms in total. The summed E-state index contributed by atoms with van der Waals surface area (Å²) >= 11 is 0. The molecule has 170 valence electrons. The third-order valence-corrected chi connectivity index (χ3v) is 7.03. The van der Waals surface area contributed by atoms with Crippen LogP contribution in [0.25, 0.3) is 10.8 Å². The highest BCUT2D eigenvalue weighted by Crippen LogP contribution is 2.25. The first-order valence-electron chi connectivity index (χ1n) is 10.0. The second kappa shape index (κ2) is 9.00. The maximum absolute atomic E-state index is 13.0. The minimum Gasteiger partial charge on any atom is -0.497 e. The van der Waals surface area contributed by atoms with Gasteiger partial charge in [-0.25, -0.2) is 13.1 Å². The van der Waals surface area contributed by atoms with E-state index in [1.54, 1.807) is 30.5 Å². The monoisotopic (exact) mass is 467 g/mol. The molecule has 0 bridgehead atoms. The molecule has 0 fully saturated rings. The average molecular weight is 468 g/mol. The predicted molar refractivity (Wildman–Crippen MR) is 121 cm³/mol. The lowest BCUT2D eigenvalue weighted by Gasteiger charge is -2.10. The maximum Gasteiger partial charge on any atom is 0.274 e. The molecule has 0 aliphatic carbocycles. The Hall–Kier alpha value is -3.76. The van der Waals surface area contributed by atoms with Gasteiger partial charge in [0.2, 0.25) is 9.84 Å². The van der Waals surface area contributed by atoms with E-state index in [1.807, 2.05) is 0 Å². The number of hydrogen-bond acceptors (Lipinski definition) is 7. The molecule has 0 amide bonds. The van der Waals surface area contributed by atoms with Crippen LogP contribution in [0, 0.1) is 0 Å². The number of ether oxygens (including phenoxy) is 1. The number of rotatable bonds is 7. The molecule has 2 aromatic heterocycles. The summed E-state index contributed by atoms with van der Waals surface area (Å²) in [5, 5.41) is 13.9. The normalized spacial score (nSPS) is 11.6. The Balaban J connectivity index is 1.70. The van der Waals surface area contributed by atoms with Gasteiger partial charge in [-0.2, -0.15) is 5.10 Å². The van der Waals surface area contributed by atoms with Crippen molar-refractivity contribution < 1.29 is 18.3 Å². The third-order valence-electron chi connectivity index (χ3n) is 5.26. The second-order valence-electron chi connectivity index (χ2n) is 7.29. The summed E-state index contributed by atoms with van der Waals surface area (Å²) in [7, 11) is -2.30. The molecule has 10 heteroatoms. The van der Waals surface area contributed by atoms with Gasteiger partial charge in [-0.05, 0) is 48.5 Å². The van der Waals surface area contributed by atoms with Gasteiger partial charge in [0.25, 0.3) is 11.1 Å². The molecule has 4 rings (SSSR count). The molecule has 2 aromatic carbocycles. The van der Waals surface area contributed by atoms with E-state index in [9.17, 15) is 18.0 Å². The standard InChI is InChI=1S/C23H21N3O6S/c1-32-18-4-6-19(7-5-18)33(30,31)20-8-9-21-17(13-20)14-24-26(23(21)29)15-16-3-2-10-25(11-12-27)22(16)28/h2-10,13-14,27H,11-12,15H2,1H3. The van der Waals surface area contributed by atoms with E-state index in [4.69, 9.17) is 9.84 Å². The van der Waals surface area contributed by atoms with Crippen LogP contribution in [0.2, 0.25) is 0 Å². The Morgan fingerprint density at radius 2 is 1.73 bits per heavy atom. The molecule has 0 atom stereocenters. The molecule has 0 aliphatic rings. The molecule has 1 N–H and O–H groups in total. The number of hydrogen-bond donors (Lipinski definition) is 1. The lowest BCUT2D eigenvalue weighted by Crippen LogP contribution is -2.29. The van der Waals surface area contributed by atoms with E-state index >= 15 is 0 Å². The Labute approximate surface area is 189 Å². The quantitative estimate of drug-likeness (QED) is 0.437. The Morgan fingerprint density at radius 1 is 1.00 bits per heavy atom. The molecule has 0 radical (unpaired) electrons. The summed E-state index contributed by atoms with van der Waals surface area (Å²) in [4.78, 5) is 25.6. The zero-order chi connectivity index (χ0) is 23.6. The fourth-order valence-corrected chi connectivity index (χ4v) is 4.78. The van der Waals surface area contributed by atoms with Crippen molar-refractivity contribution >= 4 is 20.6 Å². The van der Waals surface area contributed by atoms with Crippen LogP contribution in [0.4, 0.5) is 0 Å². The fourth-order valence-electron chi connectivity index (χ4n) is 3.49. The van der Waals surface area contributed by atoms with E-state index in [0.29, 0.717) is 16.7 Å². The first-order valence-corrected chi connectivity index (χ1v) is 11.5. The highest BCUT2D eigenvalue weighted by molar-refractivity contribution is 7.91. The van der Waals surface area contributed by atoms with Gasteiger partial charge in [0, 0.05) is 23.7 Å². The number of nitrogens with zero attached hydrogens (tertiary/aromatic N) is 3. The van der Waals surface area contributed by atoms with Crippen LogP contribution < -0.4 is 15.9 Å². The van der Waals surface area contributed by atoms with Crippen molar-refractivity contribution in [3.8, 4) is 5.75 Å². The van der Waals surface area contributed by atoms with Crippen LogP contribution >= 0.6 is 0 Å². The highest BCUT2D eigenvalue weighted by Gasteiger charge is 2.19. The van der Waals surface area contributed by atoms with E-state index < -0.39 is 15.4 Å². The summed E-state index contributed by atoms with van der Waals surface area (Å²) in [6.45, 7) is -0.0801. The molecule has 2 heterocycles. The van der Waals surface area contributed by atoms with Crippen molar-refractivity contribution in [2.24, 2.45) is 0 Å². The molecule has 33 heavy (non-hydrogen) atoms. The summed E-state index contributed by atoms with van der Waals surface area (Å²) < 4.78 is 33.6. The van der Waals surface area contributed by atoms with Crippen LogP contribution in [0.5, 0.6) is 5.75 Å². The minimum atomic E-state index is -3.80.